The molecule has 1 aliphatic rings. The van der Waals surface area contributed by atoms with E-state index in [1.54, 1.807) is 0 Å². The zero-order chi connectivity index (χ0) is 24.9. The lowest BCUT2D eigenvalue weighted by Gasteiger charge is -2.44. The van der Waals surface area contributed by atoms with Gasteiger partial charge < -0.3 is 14.5 Å². The fourth-order valence-corrected chi connectivity index (χ4v) is 5.35. The average Bonchev–Trinajstić information content (AvgIpc) is 2.67. The predicted octanol–water partition coefficient (Wildman–Crippen LogP) is 4.61. The standard InChI is InChI=1S/C21H23F5N2O4S/c1-10-19(33(4,27)30)16(29)7-15(28-10)13-9-32-20(2,21(24,25)26)8-12(13)11-5-6-14(22)17(23)18(11)31-3/h5-7,12-13,27H,8-9H2,1-4H3,(H,28,29)/t12-,13+,20+,33-/m0/s1. The van der Waals surface area contributed by atoms with Crippen molar-refractivity contribution in [3.05, 3.63) is 57.0 Å². The van der Waals surface area contributed by atoms with Crippen LogP contribution in [0.15, 0.2) is 27.9 Å². The fraction of sp³-hybridized carbons (Fsp3) is 0.476. The van der Waals surface area contributed by atoms with Gasteiger partial charge in [-0.2, -0.15) is 17.6 Å². The summed E-state index contributed by atoms with van der Waals surface area (Å²) in [4.78, 5) is 15.2. The maximum absolute atomic E-state index is 14.4. The first-order chi connectivity index (χ1) is 15.1. The Labute approximate surface area is 187 Å². The third kappa shape index (κ3) is 4.50. The Morgan fingerprint density at radius 2 is 1.91 bits per heavy atom. The van der Waals surface area contributed by atoms with E-state index in [2.05, 4.69) is 4.98 Å². The lowest BCUT2D eigenvalue weighted by molar-refractivity contribution is -0.286. The van der Waals surface area contributed by atoms with Gasteiger partial charge in [0.15, 0.2) is 22.6 Å². The van der Waals surface area contributed by atoms with E-state index in [1.807, 2.05) is 0 Å². The number of hydrogen-bond donors (Lipinski definition) is 2. The molecule has 2 N–H and O–H groups in total. The molecule has 1 fully saturated rings. The molecule has 33 heavy (non-hydrogen) atoms. The van der Waals surface area contributed by atoms with Gasteiger partial charge in [-0.1, -0.05) is 6.07 Å². The van der Waals surface area contributed by atoms with Crippen LogP contribution in [0.3, 0.4) is 0 Å². The van der Waals surface area contributed by atoms with E-state index < -0.39 is 69.2 Å². The van der Waals surface area contributed by atoms with Crippen LogP contribution in [-0.4, -0.2) is 40.9 Å². The van der Waals surface area contributed by atoms with Crippen LogP contribution in [-0.2, 0) is 14.5 Å². The molecule has 4 atom stereocenters. The number of aromatic nitrogens is 1. The highest BCUT2D eigenvalue weighted by Gasteiger charge is 2.57. The van der Waals surface area contributed by atoms with Gasteiger partial charge in [0.2, 0.25) is 5.82 Å². The van der Waals surface area contributed by atoms with Gasteiger partial charge in [-0.3, -0.25) is 4.79 Å². The number of halogens is 5. The van der Waals surface area contributed by atoms with Gasteiger partial charge in [0.1, 0.15) is 4.90 Å². The topological polar surface area (TPSA) is 92.2 Å². The third-order valence-electron chi connectivity index (χ3n) is 5.93. The monoisotopic (exact) mass is 494 g/mol. The molecule has 182 valence electrons. The van der Waals surface area contributed by atoms with Gasteiger partial charge in [-0.05, 0) is 26.3 Å². The number of H-pyrrole nitrogens is 1. The number of rotatable bonds is 4. The first-order valence-corrected chi connectivity index (χ1v) is 11.8. The molecule has 0 bridgehead atoms. The summed E-state index contributed by atoms with van der Waals surface area (Å²) >= 11 is 0. The minimum absolute atomic E-state index is 0.0115. The summed E-state index contributed by atoms with van der Waals surface area (Å²) < 4.78 is 99.6. The number of methoxy groups -OCH3 is 1. The zero-order valence-electron chi connectivity index (χ0n) is 18.2. The highest BCUT2D eigenvalue weighted by molar-refractivity contribution is 7.91. The average molecular weight is 494 g/mol. The maximum atomic E-state index is 14.4. The smallest absolute Gasteiger partial charge is 0.417 e. The first kappa shape index (κ1) is 25.2. The molecule has 1 saturated heterocycles. The van der Waals surface area contributed by atoms with E-state index in [0.29, 0.717) is 0 Å². The number of alkyl halides is 3. The molecule has 3 rings (SSSR count). The van der Waals surface area contributed by atoms with Gasteiger partial charge in [0.05, 0.1) is 23.4 Å². The number of nitrogens with one attached hydrogen (secondary N) is 2. The van der Waals surface area contributed by atoms with Gasteiger partial charge in [0, 0.05) is 41.1 Å². The molecule has 0 spiro atoms. The molecule has 6 nitrogen and oxygen atoms in total. The molecule has 1 aliphatic heterocycles. The Kier molecular flexibility index (Phi) is 6.40. The molecule has 1 aromatic carbocycles. The molecular weight excluding hydrogens is 471 g/mol. The summed E-state index contributed by atoms with van der Waals surface area (Å²) in [5.41, 5.74) is -3.03. The van der Waals surface area contributed by atoms with Crippen LogP contribution in [0, 0.1) is 23.3 Å². The van der Waals surface area contributed by atoms with Crippen LogP contribution in [0.1, 0.15) is 42.1 Å². The van der Waals surface area contributed by atoms with Crippen LogP contribution in [0.2, 0.25) is 0 Å². The second-order valence-electron chi connectivity index (χ2n) is 8.33. The first-order valence-electron chi connectivity index (χ1n) is 9.81. The van der Waals surface area contributed by atoms with E-state index in [9.17, 15) is 31.0 Å². The number of hydrogen-bond acceptors (Lipinski definition) is 5. The van der Waals surface area contributed by atoms with Crippen LogP contribution in [0.4, 0.5) is 22.0 Å². The van der Waals surface area contributed by atoms with Crippen LogP contribution < -0.4 is 10.2 Å². The Bertz CT molecular complexity index is 1240. The molecule has 2 aromatic rings. The van der Waals surface area contributed by atoms with Crippen molar-refractivity contribution >= 4 is 9.73 Å². The summed E-state index contributed by atoms with van der Waals surface area (Å²) in [6.07, 6.45) is -4.33. The molecule has 0 unspecified atom stereocenters. The zero-order valence-corrected chi connectivity index (χ0v) is 19.0. The van der Waals surface area contributed by atoms with Gasteiger partial charge in [0.25, 0.3) is 0 Å². The van der Waals surface area contributed by atoms with Crippen molar-refractivity contribution in [2.45, 2.75) is 48.8 Å². The van der Waals surface area contributed by atoms with Crippen molar-refractivity contribution in [3.8, 4) is 5.75 Å². The second kappa shape index (κ2) is 8.39. The van der Waals surface area contributed by atoms with Crippen LogP contribution in [0.5, 0.6) is 5.75 Å². The minimum Gasteiger partial charge on any atom is -0.493 e. The van der Waals surface area contributed by atoms with E-state index in [4.69, 9.17) is 14.3 Å². The summed E-state index contributed by atoms with van der Waals surface area (Å²) in [6.45, 7) is 1.79. The molecule has 2 heterocycles. The van der Waals surface area contributed by atoms with Crippen LogP contribution >= 0.6 is 0 Å². The highest BCUT2D eigenvalue weighted by atomic mass is 32.2. The Morgan fingerprint density at radius 3 is 2.42 bits per heavy atom. The SMILES string of the molecule is COc1c([C@@H]2C[C@](C)(C(F)(F)F)OC[C@H]2c2cc(=O)c([S@@](C)(=N)=O)c(C)[nH]2)ccc(F)c1F. The van der Waals surface area contributed by atoms with Crippen LogP contribution in [0.25, 0.3) is 0 Å². The molecule has 0 amide bonds. The van der Waals surface area contributed by atoms with Gasteiger partial charge in [-0.25, -0.2) is 13.4 Å². The minimum atomic E-state index is -4.76. The summed E-state index contributed by atoms with van der Waals surface area (Å²) in [5, 5.41) is 0. The lowest BCUT2D eigenvalue weighted by Crippen LogP contribution is -2.51. The number of pyridine rings is 1. The van der Waals surface area contributed by atoms with Gasteiger partial charge >= 0.3 is 6.18 Å². The number of benzene rings is 1. The van der Waals surface area contributed by atoms with E-state index in [0.717, 1.165) is 38.5 Å². The molecule has 0 saturated carbocycles. The Balaban J connectivity index is 2.22. The fourth-order valence-electron chi connectivity index (χ4n) is 4.27. The molecule has 1 aromatic heterocycles. The largest absolute Gasteiger partial charge is 0.493 e. The predicted molar refractivity (Wildman–Crippen MR) is 110 cm³/mol. The molecular formula is C21H23F5N2O4S. The van der Waals surface area contributed by atoms with Crippen molar-refractivity contribution in [1.29, 1.82) is 4.78 Å². The lowest BCUT2D eigenvalue weighted by atomic mass is 9.74. The Morgan fingerprint density at radius 1 is 1.27 bits per heavy atom. The molecule has 0 radical (unpaired) electrons. The van der Waals surface area contributed by atoms with Crippen molar-refractivity contribution in [3.63, 3.8) is 0 Å². The highest BCUT2D eigenvalue weighted by Crippen LogP contribution is 2.51. The van der Waals surface area contributed by atoms with E-state index in [-0.39, 0.29) is 21.8 Å². The van der Waals surface area contributed by atoms with Gasteiger partial charge in [-0.15, -0.1) is 0 Å². The Hall–Kier alpha value is -2.47. The number of aryl methyl sites for hydroxylation is 1. The number of ether oxygens (including phenoxy) is 2. The summed E-state index contributed by atoms with van der Waals surface area (Å²) in [7, 11) is -2.30. The second-order valence-corrected chi connectivity index (χ2v) is 10.4. The molecule has 12 heteroatoms. The van der Waals surface area contributed by atoms with Crippen molar-refractivity contribution in [2.75, 3.05) is 20.0 Å². The molecule has 0 aliphatic carbocycles. The van der Waals surface area contributed by atoms with Crippen molar-refractivity contribution in [1.82, 2.24) is 4.98 Å². The summed E-state index contributed by atoms with van der Waals surface area (Å²) in [5.74, 6) is -5.08. The van der Waals surface area contributed by atoms with Crippen molar-refractivity contribution in [2.24, 2.45) is 0 Å². The summed E-state index contributed by atoms with van der Waals surface area (Å²) in [6, 6.07) is 3.01. The maximum Gasteiger partial charge on any atom is 0.417 e. The normalized spacial score (nSPS) is 25.5. The quantitative estimate of drug-likeness (QED) is 0.607. The third-order valence-corrected chi connectivity index (χ3v) is 7.22. The van der Waals surface area contributed by atoms with Crippen molar-refractivity contribution < 1.29 is 35.6 Å². The van der Waals surface area contributed by atoms with E-state index in [1.165, 1.54) is 6.92 Å². The number of aromatic amines is 1. The van der Waals surface area contributed by atoms with E-state index >= 15 is 0 Å².